The number of nitrogens with two attached hydrogens (primary N) is 1. The molecule has 0 aliphatic carbocycles. The quantitative estimate of drug-likeness (QED) is 0.880. The van der Waals surface area contributed by atoms with Crippen LogP contribution in [0.5, 0.6) is 5.75 Å². The van der Waals surface area contributed by atoms with E-state index in [4.69, 9.17) is 10.5 Å². The van der Waals surface area contributed by atoms with Crippen LogP contribution in [0.25, 0.3) is 11.4 Å². The molecule has 2 rings (SSSR count). The Hall–Kier alpha value is -2.10. The fourth-order valence-electron chi connectivity index (χ4n) is 1.85. The highest BCUT2D eigenvalue weighted by molar-refractivity contribution is 5.67. The number of nitrogens with zero attached hydrogens (tertiary/aromatic N) is 2. The number of methoxy groups -OCH3 is 1. The lowest BCUT2D eigenvalue weighted by molar-refractivity contribution is 0.415. The van der Waals surface area contributed by atoms with E-state index >= 15 is 0 Å². The zero-order valence-electron chi connectivity index (χ0n) is 11.1. The van der Waals surface area contributed by atoms with E-state index in [0.29, 0.717) is 11.6 Å². The van der Waals surface area contributed by atoms with Crippen LogP contribution in [0.4, 0.5) is 5.82 Å². The zero-order chi connectivity index (χ0) is 13.3. The Kier molecular flexibility index (Phi) is 3.19. The summed E-state index contributed by atoms with van der Waals surface area (Å²) < 4.78 is 5.39. The van der Waals surface area contributed by atoms with Crippen LogP contribution in [-0.2, 0) is 0 Å². The number of rotatable bonds is 2. The van der Waals surface area contributed by atoms with Gasteiger partial charge < -0.3 is 10.5 Å². The highest BCUT2D eigenvalue weighted by atomic mass is 16.5. The third kappa shape index (κ3) is 2.27. The van der Waals surface area contributed by atoms with E-state index in [9.17, 15) is 0 Å². The second kappa shape index (κ2) is 4.64. The molecule has 0 saturated carbocycles. The average molecular weight is 243 g/mol. The first kappa shape index (κ1) is 12.4. The van der Waals surface area contributed by atoms with E-state index in [0.717, 1.165) is 17.0 Å². The van der Waals surface area contributed by atoms with Crippen molar-refractivity contribution in [3.8, 4) is 17.1 Å². The second-order valence-corrected chi connectivity index (χ2v) is 4.39. The highest BCUT2D eigenvalue weighted by Gasteiger charge is 2.11. The molecule has 0 aliphatic rings. The molecule has 1 aromatic carbocycles. The van der Waals surface area contributed by atoms with Crippen molar-refractivity contribution in [1.29, 1.82) is 0 Å². The predicted molar refractivity (Wildman–Crippen MR) is 72.6 cm³/mol. The maximum absolute atomic E-state index is 5.76. The van der Waals surface area contributed by atoms with Gasteiger partial charge in [0.1, 0.15) is 11.6 Å². The zero-order valence-corrected chi connectivity index (χ0v) is 11.1. The number of hydrogen-bond donors (Lipinski definition) is 1. The van der Waals surface area contributed by atoms with Gasteiger partial charge in [0.15, 0.2) is 5.82 Å². The second-order valence-electron chi connectivity index (χ2n) is 4.39. The van der Waals surface area contributed by atoms with E-state index in [2.05, 4.69) is 16.9 Å². The van der Waals surface area contributed by atoms with E-state index < -0.39 is 0 Å². The maximum atomic E-state index is 5.76. The molecule has 0 aliphatic heterocycles. The van der Waals surface area contributed by atoms with Gasteiger partial charge in [-0.1, -0.05) is 0 Å². The molecule has 0 fully saturated rings. The molecule has 18 heavy (non-hydrogen) atoms. The molecule has 4 nitrogen and oxygen atoms in total. The molecule has 1 aromatic heterocycles. The fourth-order valence-corrected chi connectivity index (χ4v) is 1.85. The van der Waals surface area contributed by atoms with Crippen molar-refractivity contribution in [3.63, 3.8) is 0 Å². The van der Waals surface area contributed by atoms with Crippen LogP contribution in [0.3, 0.4) is 0 Å². The Morgan fingerprint density at radius 3 is 2.28 bits per heavy atom. The normalized spacial score (nSPS) is 10.4. The minimum atomic E-state index is 0.470. The number of aromatic nitrogens is 2. The first-order valence-electron chi connectivity index (χ1n) is 5.78. The number of hydrogen-bond acceptors (Lipinski definition) is 4. The maximum Gasteiger partial charge on any atom is 0.165 e. The topological polar surface area (TPSA) is 61.0 Å². The minimum Gasteiger partial charge on any atom is -0.496 e. The first-order chi connectivity index (χ1) is 8.51. The molecule has 0 atom stereocenters. The van der Waals surface area contributed by atoms with Crippen molar-refractivity contribution in [1.82, 2.24) is 9.97 Å². The Balaban J connectivity index is 2.65. The van der Waals surface area contributed by atoms with Gasteiger partial charge in [-0.25, -0.2) is 9.97 Å². The lowest BCUT2D eigenvalue weighted by Gasteiger charge is -2.11. The Morgan fingerprint density at radius 2 is 1.67 bits per heavy atom. The fraction of sp³-hybridized carbons (Fsp3) is 0.286. The van der Waals surface area contributed by atoms with E-state index in [1.807, 2.05) is 26.0 Å². The molecule has 0 spiro atoms. The van der Waals surface area contributed by atoms with E-state index in [1.165, 1.54) is 11.1 Å². The SMILES string of the molecule is COc1cc(C)c(C)cc1-c1nc(C)cc(N)n1. The third-order valence-corrected chi connectivity index (χ3v) is 2.93. The summed E-state index contributed by atoms with van der Waals surface area (Å²) in [5.74, 6) is 1.84. The minimum absolute atomic E-state index is 0.470. The van der Waals surface area contributed by atoms with Crippen LogP contribution in [0.2, 0.25) is 0 Å². The van der Waals surface area contributed by atoms with Gasteiger partial charge >= 0.3 is 0 Å². The molecule has 0 radical (unpaired) electrons. The number of nitrogen functional groups attached to an aromatic ring is 1. The van der Waals surface area contributed by atoms with Crippen LogP contribution in [-0.4, -0.2) is 17.1 Å². The molecular formula is C14H17N3O. The number of aryl methyl sites for hydroxylation is 3. The van der Waals surface area contributed by atoms with Crippen molar-refractivity contribution in [2.45, 2.75) is 20.8 Å². The third-order valence-electron chi connectivity index (χ3n) is 2.93. The molecule has 0 unspecified atom stereocenters. The monoisotopic (exact) mass is 243 g/mol. The summed E-state index contributed by atoms with van der Waals surface area (Å²) >= 11 is 0. The predicted octanol–water partition coefficient (Wildman–Crippen LogP) is 2.66. The van der Waals surface area contributed by atoms with Gasteiger partial charge in [-0.2, -0.15) is 0 Å². The van der Waals surface area contributed by atoms with Crippen LogP contribution < -0.4 is 10.5 Å². The molecule has 0 saturated heterocycles. The highest BCUT2D eigenvalue weighted by Crippen LogP contribution is 2.30. The average Bonchev–Trinajstić information content (AvgIpc) is 2.30. The molecule has 0 bridgehead atoms. The van der Waals surface area contributed by atoms with Crippen molar-refractivity contribution in [2.75, 3.05) is 12.8 Å². The lowest BCUT2D eigenvalue weighted by atomic mass is 10.0. The van der Waals surface area contributed by atoms with Crippen molar-refractivity contribution in [2.24, 2.45) is 0 Å². The van der Waals surface area contributed by atoms with E-state index in [1.54, 1.807) is 13.2 Å². The number of benzene rings is 1. The Labute approximate surface area is 107 Å². The van der Waals surface area contributed by atoms with Crippen LogP contribution in [0.1, 0.15) is 16.8 Å². The summed E-state index contributed by atoms with van der Waals surface area (Å²) in [5, 5.41) is 0. The van der Waals surface area contributed by atoms with Crippen LogP contribution >= 0.6 is 0 Å². The number of ether oxygens (including phenoxy) is 1. The summed E-state index contributed by atoms with van der Waals surface area (Å²) in [6.45, 7) is 6.00. The van der Waals surface area contributed by atoms with Gasteiger partial charge in [0, 0.05) is 11.8 Å². The van der Waals surface area contributed by atoms with Gasteiger partial charge in [0.2, 0.25) is 0 Å². The van der Waals surface area contributed by atoms with Crippen molar-refractivity contribution >= 4 is 5.82 Å². The van der Waals surface area contributed by atoms with Crippen molar-refractivity contribution in [3.05, 3.63) is 35.0 Å². The van der Waals surface area contributed by atoms with E-state index in [-0.39, 0.29) is 0 Å². The summed E-state index contributed by atoms with van der Waals surface area (Å²) in [6, 6.07) is 5.77. The molecule has 0 amide bonds. The molecule has 2 N–H and O–H groups in total. The number of anilines is 1. The summed E-state index contributed by atoms with van der Waals surface area (Å²) in [4.78, 5) is 8.68. The molecular weight excluding hydrogens is 226 g/mol. The Bertz CT molecular complexity index is 574. The van der Waals surface area contributed by atoms with Crippen LogP contribution in [0.15, 0.2) is 18.2 Å². The standard InChI is InChI=1S/C14H17N3O/c1-8-5-11(12(18-4)6-9(8)2)14-16-10(3)7-13(15)17-14/h5-7H,1-4H3,(H2,15,16,17). The van der Waals surface area contributed by atoms with Gasteiger partial charge in [-0.05, 0) is 44.0 Å². The molecule has 4 heteroatoms. The van der Waals surface area contributed by atoms with Gasteiger partial charge in [0.05, 0.1) is 12.7 Å². The lowest BCUT2D eigenvalue weighted by Crippen LogP contribution is -2.00. The Morgan fingerprint density at radius 1 is 1.00 bits per heavy atom. The van der Waals surface area contributed by atoms with Gasteiger partial charge in [-0.3, -0.25) is 0 Å². The van der Waals surface area contributed by atoms with Gasteiger partial charge in [-0.15, -0.1) is 0 Å². The van der Waals surface area contributed by atoms with Gasteiger partial charge in [0.25, 0.3) is 0 Å². The summed E-state index contributed by atoms with van der Waals surface area (Å²) in [6.07, 6.45) is 0. The van der Waals surface area contributed by atoms with Crippen LogP contribution in [0, 0.1) is 20.8 Å². The summed E-state index contributed by atoms with van der Waals surface area (Å²) in [5.41, 5.74) is 9.83. The first-order valence-corrected chi connectivity index (χ1v) is 5.78. The van der Waals surface area contributed by atoms with Crippen molar-refractivity contribution < 1.29 is 4.74 Å². The molecule has 94 valence electrons. The molecule has 2 aromatic rings. The largest absolute Gasteiger partial charge is 0.496 e. The summed E-state index contributed by atoms with van der Waals surface area (Å²) in [7, 11) is 1.65. The molecule has 1 heterocycles. The smallest absolute Gasteiger partial charge is 0.165 e.